The van der Waals surface area contributed by atoms with Gasteiger partial charge in [-0.05, 0) is 40.9 Å². The third-order valence-corrected chi connectivity index (χ3v) is 3.85. The Kier molecular flexibility index (Phi) is 3.87. The van der Waals surface area contributed by atoms with Crippen molar-refractivity contribution < 1.29 is 0 Å². The molecule has 0 saturated heterocycles. The summed E-state index contributed by atoms with van der Waals surface area (Å²) < 4.78 is 0.926. The summed E-state index contributed by atoms with van der Waals surface area (Å²) in [6.45, 7) is 4.80. The van der Waals surface area contributed by atoms with E-state index in [9.17, 15) is 0 Å². The third kappa shape index (κ3) is 2.82. The number of halogens is 1. The van der Waals surface area contributed by atoms with Crippen molar-refractivity contribution in [1.29, 1.82) is 0 Å². The van der Waals surface area contributed by atoms with Crippen LogP contribution in [0.5, 0.6) is 0 Å². The van der Waals surface area contributed by atoms with Gasteiger partial charge in [-0.25, -0.2) is 4.98 Å². The molecule has 0 aliphatic heterocycles. The summed E-state index contributed by atoms with van der Waals surface area (Å²) in [5, 5.41) is 3.30. The molecular formula is C14H16BrN3. The van der Waals surface area contributed by atoms with Crippen molar-refractivity contribution in [3.05, 3.63) is 51.6 Å². The zero-order chi connectivity index (χ0) is 13.1. The van der Waals surface area contributed by atoms with Crippen LogP contribution in [0, 0.1) is 13.8 Å². The van der Waals surface area contributed by atoms with Gasteiger partial charge in [-0.15, -0.1) is 0 Å². The predicted octanol–water partition coefficient (Wildman–Crippen LogP) is 3.66. The average molecular weight is 306 g/mol. The van der Waals surface area contributed by atoms with Crippen molar-refractivity contribution >= 4 is 27.4 Å². The third-order valence-electron chi connectivity index (χ3n) is 2.88. The molecular weight excluding hydrogens is 290 g/mol. The molecule has 0 radical (unpaired) electrons. The minimum atomic E-state index is 0.697. The second-order valence-electron chi connectivity index (χ2n) is 4.34. The lowest BCUT2D eigenvalue weighted by atomic mass is 10.1. The number of rotatable bonds is 3. The topological polar surface area (TPSA) is 50.9 Å². The minimum absolute atomic E-state index is 0.697. The van der Waals surface area contributed by atoms with Crippen LogP contribution in [0.4, 0.5) is 11.5 Å². The minimum Gasteiger partial charge on any atom is -0.397 e. The molecule has 0 bridgehead atoms. The zero-order valence-electron chi connectivity index (χ0n) is 10.5. The van der Waals surface area contributed by atoms with E-state index in [1.54, 1.807) is 6.20 Å². The van der Waals surface area contributed by atoms with Crippen LogP contribution in [0.1, 0.15) is 16.7 Å². The Bertz CT molecular complexity index is 550. The summed E-state index contributed by atoms with van der Waals surface area (Å²) in [6, 6.07) is 8.43. The summed E-state index contributed by atoms with van der Waals surface area (Å²) in [4.78, 5) is 4.29. The molecule has 1 aromatic heterocycles. The highest BCUT2D eigenvalue weighted by molar-refractivity contribution is 9.10. The fraction of sp³-hybridized carbons (Fsp3) is 0.214. The van der Waals surface area contributed by atoms with Gasteiger partial charge >= 0.3 is 0 Å². The summed E-state index contributed by atoms with van der Waals surface area (Å²) in [5.74, 6) is 0.822. The Balaban J connectivity index is 2.11. The van der Waals surface area contributed by atoms with Gasteiger partial charge in [0, 0.05) is 6.54 Å². The Morgan fingerprint density at radius 3 is 2.56 bits per heavy atom. The number of benzene rings is 1. The van der Waals surface area contributed by atoms with E-state index in [1.165, 1.54) is 11.1 Å². The van der Waals surface area contributed by atoms with E-state index in [0.29, 0.717) is 5.69 Å². The highest BCUT2D eigenvalue weighted by Crippen LogP contribution is 2.27. The van der Waals surface area contributed by atoms with Crippen molar-refractivity contribution in [3.63, 3.8) is 0 Å². The van der Waals surface area contributed by atoms with Gasteiger partial charge in [-0.3, -0.25) is 0 Å². The molecule has 0 amide bonds. The van der Waals surface area contributed by atoms with E-state index in [1.807, 2.05) is 6.92 Å². The van der Waals surface area contributed by atoms with Gasteiger partial charge in [0.15, 0.2) is 0 Å². The molecule has 4 heteroatoms. The number of pyridine rings is 1. The van der Waals surface area contributed by atoms with Crippen molar-refractivity contribution in [2.75, 3.05) is 11.1 Å². The van der Waals surface area contributed by atoms with Crippen LogP contribution in [0.2, 0.25) is 0 Å². The first-order valence-electron chi connectivity index (χ1n) is 5.78. The van der Waals surface area contributed by atoms with Gasteiger partial charge in [0.05, 0.1) is 16.4 Å². The van der Waals surface area contributed by atoms with Crippen molar-refractivity contribution in [1.82, 2.24) is 4.98 Å². The first kappa shape index (κ1) is 12.9. The quantitative estimate of drug-likeness (QED) is 0.910. The molecule has 3 nitrogen and oxygen atoms in total. The molecule has 0 aliphatic carbocycles. The Hall–Kier alpha value is -1.55. The molecule has 2 aromatic rings. The molecule has 18 heavy (non-hydrogen) atoms. The summed E-state index contributed by atoms with van der Waals surface area (Å²) in [6.07, 6.45) is 1.68. The smallest absolute Gasteiger partial charge is 0.140 e. The van der Waals surface area contributed by atoms with Gasteiger partial charge in [0.2, 0.25) is 0 Å². The number of nitrogens with one attached hydrogen (secondary N) is 1. The van der Waals surface area contributed by atoms with Crippen molar-refractivity contribution in [2.24, 2.45) is 0 Å². The largest absolute Gasteiger partial charge is 0.397 e. The van der Waals surface area contributed by atoms with E-state index in [2.05, 4.69) is 57.4 Å². The zero-order valence-corrected chi connectivity index (χ0v) is 12.1. The maximum atomic E-state index is 5.79. The van der Waals surface area contributed by atoms with Gasteiger partial charge in [-0.2, -0.15) is 0 Å². The van der Waals surface area contributed by atoms with Gasteiger partial charge in [0.25, 0.3) is 0 Å². The van der Waals surface area contributed by atoms with Gasteiger partial charge in [0.1, 0.15) is 5.82 Å². The maximum absolute atomic E-state index is 5.79. The molecule has 1 heterocycles. The van der Waals surface area contributed by atoms with Crippen molar-refractivity contribution in [2.45, 2.75) is 20.4 Å². The molecule has 0 spiro atoms. The van der Waals surface area contributed by atoms with E-state index >= 15 is 0 Å². The van der Waals surface area contributed by atoms with E-state index in [-0.39, 0.29) is 0 Å². The molecule has 0 atom stereocenters. The number of nitrogen functional groups attached to an aromatic ring is 1. The van der Waals surface area contributed by atoms with Crippen LogP contribution in [0.25, 0.3) is 0 Å². The molecule has 1 aromatic carbocycles. The number of hydrogen-bond acceptors (Lipinski definition) is 3. The maximum Gasteiger partial charge on any atom is 0.140 e. The second-order valence-corrected chi connectivity index (χ2v) is 5.13. The summed E-state index contributed by atoms with van der Waals surface area (Å²) >= 11 is 3.51. The summed E-state index contributed by atoms with van der Waals surface area (Å²) in [7, 11) is 0. The lowest BCUT2D eigenvalue weighted by Gasteiger charge is -2.11. The van der Waals surface area contributed by atoms with E-state index in [4.69, 9.17) is 5.73 Å². The fourth-order valence-electron chi connectivity index (χ4n) is 1.61. The first-order chi connectivity index (χ1) is 8.58. The van der Waals surface area contributed by atoms with E-state index < -0.39 is 0 Å². The normalized spacial score (nSPS) is 10.4. The van der Waals surface area contributed by atoms with Gasteiger partial charge < -0.3 is 11.1 Å². The first-order valence-corrected chi connectivity index (χ1v) is 6.57. The SMILES string of the molecule is Cc1ccc(CNc2ncc(N)c(C)c2Br)cc1. The van der Waals surface area contributed by atoms with Crippen LogP contribution in [-0.2, 0) is 6.54 Å². The number of aromatic nitrogens is 1. The predicted molar refractivity (Wildman–Crippen MR) is 79.6 cm³/mol. The Morgan fingerprint density at radius 1 is 1.22 bits per heavy atom. The molecule has 3 N–H and O–H groups in total. The van der Waals surface area contributed by atoms with Crippen LogP contribution in [0.3, 0.4) is 0 Å². The standard InChI is InChI=1S/C14H16BrN3/c1-9-3-5-11(6-4-9)7-17-14-13(15)10(2)12(16)8-18-14/h3-6,8H,7,16H2,1-2H3,(H,17,18). The highest BCUT2D eigenvalue weighted by Gasteiger charge is 2.06. The van der Waals surface area contributed by atoms with E-state index in [0.717, 1.165) is 22.4 Å². The molecule has 0 saturated carbocycles. The number of nitrogens with zero attached hydrogens (tertiary/aromatic N) is 1. The number of anilines is 2. The van der Waals surface area contributed by atoms with Crippen molar-refractivity contribution in [3.8, 4) is 0 Å². The lowest BCUT2D eigenvalue weighted by Crippen LogP contribution is -2.04. The monoisotopic (exact) mass is 305 g/mol. The molecule has 94 valence electrons. The second kappa shape index (κ2) is 5.40. The molecule has 0 aliphatic rings. The fourth-order valence-corrected chi connectivity index (χ4v) is 2.08. The number of aryl methyl sites for hydroxylation is 1. The highest BCUT2D eigenvalue weighted by atomic mass is 79.9. The van der Waals surface area contributed by atoms with Crippen LogP contribution in [-0.4, -0.2) is 4.98 Å². The average Bonchev–Trinajstić information content (AvgIpc) is 2.37. The summed E-state index contributed by atoms with van der Waals surface area (Å²) in [5.41, 5.74) is 9.99. The van der Waals surface area contributed by atoms with Crippen LogP contribution >= 0.6 is 15.9 Å². The van der Waals surface area contributed by atoms with Crippen LogP contribution in [0.15, 0.2) is 34.9 Å². The molecule has 0 fully saturated rings. The number of hydrogen-bond donors (Lipinski definition) is 2. The van der Waals surface area contributed by atoms with Crippen LogP contribution < -0.4 is 11.1 Å². The number of nitrogens with two attached hydrogens (primary N) is 1. The Labute approximate surface area is 116 Å². The molecule has 2 rings (SSSR count). The lowest BCUT2D eigenvalue weighted by molar-refractivity contribution is 1.10. The molecule has 0 unspecified atom stereocenters. The Morgan fingerprint density at radius 2 is 1.89 bits per heavy atom. The van der Waals surface area contributed by atoms with Gasteiger partial charge in [-0.1, -0.05) is 29.8 Å².